The third-order valence-electron chi connectivity index (χ3n) is 4.18. The number of nitrogens with zero attached hydrogens (tertiary/aromatic N) is 1. The number of ether oxygens (including phenoxy) is 4. The number of anilines is 1. The summed E-state index contributed by atoms with van der Waals surface area (Å²) in [5.41, 5.74) is 0.864. The Bertz CT molecular complexity index is 1050. The fraction of sp³-hybridized carbons (Fsp3) is 0.304. The Hall–Kier alpha value is -2.64. The molecule has 0 aliphatic carbocycles. The summed E-state index contributed by atoms with van der Waals surface area (Å²) in [5, 5.41) is 12.6. The summed E-state index contributed by atoms with van der Waals surface area (Å²) in [6.07, 6.45) is 2.35. The van der Waals surface area contributed by atoms with Gasteiger partial charge < -0.3 is 24.3 Å². The van der Waals surface area contributed by atoms with Gasteiger partial charge in [0, 0.05) is 12.1 Å². The van der Waals surface area contributed by atoms with Crippen LogP contribution in [-0.2, 0) is 4.79 Å². The summed E-state index contributed by atoms with van der Waals surface area (Å²) in [4.78, 5) is 12.8. The topological polar surface area (TPSA) is 89.8 Å². The van der Waals surface area contributed by atoms with Gasteiger partial charge in [-0.2, -0.15) is 5.26 Å². The Balaban J connectivity index is 2.39. The van der Waals surface area contributed by atoms with Crippen LogP contribution in [0, 0.1) is 14.9 Å². The monoisotopic (exact) mass is 570 g/mol. The highest BCUT2D eigenvalue weighted by Gasteiger charge is 2.17. The van der Waals surface area contributed by atoms with Crippen LogP contribution >= 0.6 is 34.2 Å². The molecule has 32 heavy (non-hydrogen) atoms. The molecule has 0 radical (unpaired) electrons. The SMILES string of the molecule is CCCOc1c(I)cc(/C=C(\C#N)C(=O)Nc2cc(OC)c(Cl)cc2OC)cc1OCC. The van der Waals surface area contributed by atoms with Crippen LogP contribution in [0.1, 0.15) is 25.8 Å². The van der Waals surface area contributed by atoms with Crippen molar-refractivity contribution in [3.05, 3.63) is 44.0 Å². The lowest BCUT2D eigenvalue weighted by Crippen LogP contribution is -2.14. The molecule has 9 heteroatoms. The number of amides is 1. The van der Waals surface area contributed by atoms with Crippen molar-refractivity contribution in [2.75, 3.05) is 32.8 Å². The molecule has 0 heterocycles. The first-order valence-corrected chi connectivity index (χ1v) is 11.3. The lowest BCUT2D eigenvalue weighted by atomic mass is 10.1. The molecule has 2 aromatic carbocycles. The van der Waals surface area contributed by atoms with Crippen LogP contribution in [0.5, 0.6) is 23.0 Å². The maximum Gasteiger partial charge on any atom is 0.266 e. The normalized spacial score (nSPS) is 10.8. The second-order valence-corrected chi connectivity index (χ2v) is 7.99. The average Bonchev–Trinajstić information content (AvgIpc) is 2.77. The minimum atomic E-state index is -0.602. The molecule has 0 unspecified atom stereocenters. The highest BCUT2D eigenvalue weighted by atomic mass is 127. The number of hydrogen-bond donors (Lipinski definition) is 1. The van der Waals surface area contributed by atoms with E-state index in [1.165, 1.54) is 32.4 Å². The van der Waals surface area contributed by atoms with E-state index in [1.54, 1.807) is 6.07 Å². The fourth-order valence-electron chi connectivity index (χ4n) is 2.74. The molecule has 7 nitrogen and oxygen atoms in total. The number of methoxy groups -OCH3 is 2. The van der Waals surface area contributed by atoms with Crippen molar-refractivity contribution >= 4 is 51.9 Å². The van der Waals surface area contributed by atoms with E-state index in [1.807, 2.05) is 26.0 Å². The van der Waals surface area contributed by atoms with Crippen LogP contribution in [0.25, 0.3) is 6.08 Å². The summed E-state index contributed by atoms with van der Waals surface area (Å²) in [7, 11) is 2.92. The van der Waals surface area contributed by atoms with E-state index in [4.69, 9.17) is 30.5 Å². The number of hydrogen-bond acceptors (Lipinski definition) is 6. The van der Waals surface area contributed by atoms with E-state index in [9.17, 15) is 10.1 Å². The van der Waals surface area contributed by atoms with Crippen molar-refractivity contribution in [3.8, 4) is 29.1 Å². The lowest BCUT2D eigenvalue weighted by molar-refractivity contribution is -0.112. The third-order valence-corrected chi connectivity index (χ3v) is 5.28. The van der Waals surface area contributed by atoms with Crippen LogP contribution in [0.4, 0.5) is 5.69 Å². The predicted octanol–water partition coefficient (Wildman–Crippen LogP) is 5.69. The Morgan fingerprint density at radius 2 is 1.84 bits per heavy atom. The summed E-state index contributed by atoms with van der Waals surface area (Å²) >= 11 is 8.25. The highest BCUT2D eigenvalue weighted by molar-refractivity contribution is 14.1. The van der Waals surface area contributed by atoms with Gasteiger partial charge in [0.1, 0.15) is 23.1 Å². The summed E-state index contributed by atoms with van der Waals surface area (Å²) in [6, 6.07) is 8.57. The van der Waals surface area contributed by atoms with Gasteiger partial charge in [0.05, 0.1) is 41.7 Å². The first-order valence-electron chi connectivity index (χ1n) is 9.82. The van der Waals surface area contributed by atoms with Gasteiger partial charge >= 0.3 is 0 Å². The Kier molecular flexibility index (Phi) is 9.94. The smallest absolute Gasteiger partial charge is 0.266 e. The van der Waals surface area contributed by atoms with Gasteiger partial charge in [0.15, 0.2) is 11.5 Å². The van der Waals surface area contributed by atoms with Gasteiger partial charge in [0.25, 0.3) is 5.91 Å². The molecule has 0 aromatic heterocycles. The zero-order valence-electron chi connectivity index (χ0n) is 18.3. The van der Waals surface area contributed by atoms with Gasteiger partial charge in [-0.1, -0.05) is 18.5 Å². The Morgan fingerprint density at radius 3 is 2.44 bits per heavy atom. The van der Waals surface area contributed by atoms with Crippen molar-refractivity contribution in [2.45, 2.75) is 20.3 Å². The molecular weight excluding hydrogens is 547 g/mol. The molecule has 0 bridgehead atoms. The molecular formula is C23H24ClIN2O5. The summed E-state index contributed by atoms with van der Waals surface area (Å²) < 4.78 is 22.8. The van der Waals surface area contributed by atoms with Crippen molar-refractivity contribution in [1.29, 1.82) is 5.26 Å². The van der Waals surface area contributed by atoms with Crippen molar-refractivity contribution in [3.63, 3.8) is 0 Å². The van der Waals surface area contributed by atoms with Crippen LogP contribution in [-0.4, -0.2) is 33.3 Å². The van der Waals surface area contributed by atoms with E-state index in [-0.39, 0.29) is 5.57 Å². The second-order valence-electron chi connectivity index (χ2n) is 6.42. The molecule has 2 rings (SSSR count). The van der Waals surface area contributed by atoms with Crippen LogP contribution in [0.15, 0.2) is 29.8 Å². The molecule has 0 fully saturated rings. The zero-order chi connectivity index (χ0) is 23.7. The predicted molar refractivity (Wildman–Crippen MR) is 133 cm³/mol. The van der Waals surface area contributed by atoms with E-state index in [0.29, 0.717) is 52.5 Å². The minimum Gasteiger partial charge on any atom is -0.495 e. The fourth-order valence-corrected chi connectivity index (χ4v) is 3.75. The largest absolute Gasteiger partial charge is 0.495 e. The van der Waals surface area contributed by atoms with Crippen LogP contribution < -0.4 is 24.3 Å². The van der Waals surface area contributed by atoms with E-state index < -0.39 is 5.91 Å². The molecule has 0 saturated heterocycles. The van der Waals surface area contributed by atoms with Gasteiger partial charge in [-0.15, -0.1) is 0 Å². The molecule has 0 aliphatic heterocycles. The maximum absolute atomic E-state index is 12.8. The van der Waals surface area contributed by atoms with Crippen LogP contribution in [0.2, 0.25) is 5.02 Å². The van der Waals surface area contributed by atoms with Gasteiger partial charge in [-0.3, -0.25) is 4.79 Å². The number of carbonyl (C=O) groups is 1. The number of nitriles is 1. The average molecular weight is 571 g/mol. The van der Waals surface area contributed by atoms with Gasteiger partial charge in [0.2, 0.25) is 0 Å². The van der Waals surface area contributed by atoms with Crippen LogP contribution in [0.3, 0.4) is 0 Å². The van der Waals surface area contributed by atoms with Gasteiger partial charge in [-0.05, 0) is 59.7 Å². The first-order chi connectivity index (χ1) is 15.4. The highest BCUT2D eigenvalue weighted by Crippen LogP contribution is 2.37. The van der Waals surface area contributed by atoms with E-state index >= 15 is 0 Å². The minimum absolute atomic E-state index is 0.0959. The Morgan fingerprint density at radius 1 is 1.12 bits per heavy atom. The number of benzene rings is 2. The standard InChI is InChI=1S/C23H24ClIN2O5/c1-5-7-32-22-17(25)9-14(10-21(22)31-6-2)8-15(13-26)23(28)27-18-12-19(29-3)16(24)11-20(18)30-4/h8-12H,5-7H2,1-4H3,(H,27,28)/b15-8+. The molecule has 0 atom stereocenters. The van der Waals surface area contributed by atoms with Crippen molar-refractivity contribution < 1.29 is 23.7 Å². The first kappa shape index (κ1) is 25.6. The molecule has 2 aromatic rings. The van der Waals surface area contributed by atoms with Gasteiger partial charge in [-0.25, -0.2) is 0 Å². The number of nitrogens with one attached hydrogen (secondary N) is 1. The van der Waals surface area contributed by atoms with Crippen molar-refractivity contribution in [2.24, 2.45) is 0 Å². The van der Waals surface area contributed by atoms with Crippen molar-refractivity contribution in [1.82, 2.24) is 0 Å². The number of carbonyl (C=O) groups excluding carboxylic acids is 1. The molecule has 1 N–H and O–H groups in total. The zero-order valence-corrected chi connectivity index (χ0v) is 21.2. The quantitative estimate of drug-likeness (QED) is 0.224. The van der Waals surface area contributed by atoms with E-state index in [0.717, 1.165) is 9.99 Å². The van der Waals surface area contributed by atoms with E-state index in [2.05, 4.69) is 27.9 Å². The number of halogens is 2. The maximum atomic E-state index is 12.8. The molecule has 0 saturated carbocycles. The Labute approximate surface area is 206 Å². The molecule has 0 spiro atoms. The molecule has 0 aliphatic rings. The molecule has 1 amide bonds. The molecule has 170 valence electrons. The summed E-state index contributed by atoms with van der Waals surface area (Å²) in [6.45, 7) is 4.91. The number of rotatable bonds is 10. The summed E-state index contributed by atoms with van der Waals surface area (Å²) in [5.74, 6) is 1.30. The third kappa shape index (κ3) is 6.43. The second kappa shape index (κ2) is 12.4. The lowest BCUT2D eigenvalue weighted by Gasteiger charge is -2.15.